The standard InChI is InChI=1S/C19H21NO5S/c1-3-6-14-9-11-15(12-10-14)20-18(21)13-25-19(22)16-7-4-5-8-17(16)26(2,23)24/h4-5,7-12H,3,6,13H2,1-2H3,(H,20,21). The Labute approximate surface area is 153 Å². The van der Waals surface area contributed by atoms with Crippen molar-refractivity contribution >= 4 is 27.4 Å². The summed E-state index contributed by atoms with van der Waals surface area (Å²) in [7, 11) is -3.58. The highest BCUT2D eigenvalue weighted by Crippen LogP contribution is 2.16. The summed E-state index contributed by atoms with van der Waals surface area (Å²) >= 11 is 0. The fourth-order valence-electron chi connectivity index (χ4n) is 2.41. The van der Waals surface area contributed by atoms with Gasteiger partial charge >= 0.3 is 5.97 Å². The first-order valence-electron chi connectivity index (χ1n) is 8.16. The molecule has 0 aromatic heterocycles. The number of nitrogens with one attached hydrogen (secondary N) is 1. The molecule has 2 aromatic carbocycles. The van der Waals surface area contributed by atoms with Gasteiger partial charge < -0.3 is 10.1 Å². The largest absolute Gasteiger partial charge is 0.452 e. The summed E-state index contributed by atoms with van der Waals surface area (Å²) in [5.41, 5.74) is 1.68. The SMILES string of the molecule is CCCc1ccc(NC(=O)COC(=O)c2ccccc2S(C)(=O)=O)cc1. The molecule has 138 valence electrons. The zero-order valence-electron chi connectivity index (χ0n) is 14.7. The van der Waals surface area contributed by atoms with Gasteiger partial charge in [-0.2, -0.15) is 0 Å². The van der Waals surface area contributed by atoms with Crippen molar-refractivity contribution in [3.05, 3.63) is 59.7 Å². The number of sulfone groups is 1. The molecule has 0 heterocycles. The number of aryl methyl sites for hydroxylation is 1. The molecule has 0 aliphatic heterocycles. The molecule has 7 heteroatoms. The molecule has 0 unspecified atom stereocenters. The minimum Gasteiger partial charge on any atom is -0.452 e. The second-order valence-corrected chi connectivity index (χ2v) is 7.82. The number of esters is 1. The van der Waals surface area contributed by atoms with Gasteiger partial charge in [-0.15, -0.1) is 0 Å². The van der Waals surface area contributed by atoms with Crippen LogP contribution in [0.5, 0.6) is 0 Å². The molecule has 6 nitrogen and oxygen atoms in total. The Morgan fingerprint density at radius 3 is 2.31 bits per heavy atom. The van der Waals surface area contributed by atoms with E-state index in [0.29, 0.717) is 5.69 Å². The van der Waals surface area contributed by atoms with Crippen molar-refractivity contribution in [2.45, 2.75) is 24.7 Å². The normalized spacial score (nSPS) is 11.0. The summed E-state index contributed by atoms with van der Waals surface area (Å²) in [6.45, 7) is 1.58. The highest BCUT2D eigenvalue weighted by Gasteiger charge is 2.20. The van der Waals surface area contributed by atoms with Crippen LogP contribution in [0.1, 0.15) is 29.3 Å². The van der Waals surface area contributed by atoms with E-state index < -0.39 is 28.3 Å². The molecule has 0 fully saturated rings. The lowest BCUT2D eigenvalue weighted by Crippen LogP contribution is -2.21. The zero-order valence-corrected chi connectivity index (χ0v) is 15.5. The summed E-state index contributed by atoms with van der Waals surface area (Å²) in [4.78, 5) is 23.9. The van der Waals surface area contributed by atoms with E-state index in [2.05, 4.69) is 12.2 Å². The van der Waals surface area contributed by atoms with E-state index in [9.17, 15) is 18.0 Å². The van der Waals surface area contributed by atoms with Crippen molar-refractivity contribution in [1.82, 2.24) is 0 Å². The molecule has 0 saturated carbocycles. The lowest BCUT2D eigenvalue weighted by molar-refractivity contribution is -0.119. The van der Waals surface area contributed by atoms with E-state index >= 15 is 0 Å². The molecule has 2 rings (SSSR count). The van der Waals surface area contributed by atoms with Crippen molar-refractivity contribution in [3.63, 3.8) is 0 Å². The van der Waals surface area contributed by atoms with Crippen LogP contribution >= 0.6 is 0 Å². The quantitative estimate of drug-likeness (QED) is 0.752. The van der Waals surface area contributed by atoms with E-state index in [1.165, 1.54) is 29.8 Å². The number of ether oxygens (including phenoxy) is 1. The van der Waals surface area contributed by atoms with Gasteiger partial charge in [0, 0.05) is 11.9 Å². The fraction of sp³-hybridized carbons (Fsp3) is 0.263. The fourth-order valence-corrected chi connectivity index (χ4v) is 3.28. The maximum absolute atomic E-state index is 12.1. The summed E-state index contributed by atoms with van der Waals surface area (Å²) in [6, 6.07) is 13.1. The van der Waals surface area contributed by atoms with Crippen molar-refractivity contribution < 1.29 is 22.7 Å². The van der Waals surface area contributed by atoms with Crippen molar-refractivity contribution in [2.24, 2.45) is 0 Å². The van der Waals surface area contributed by atoms with Gasteiger partial charge in [0.2, 0.25) is 0 Å². The molecule has 2 aromatic rings. The van der Waals surface area contributed by atoms with Crippen LogP contribution in [0.25, 0.3) is 0 Å². The maximum Gasteiger partial charge on any atom is 0.339 e. The van der Waals surface area contributed by atoms with Gasteiger partial charge in [-0.3, -0.25) is 4.79 Å². The Balaban J connectivity index is 1.96. The number of rotatable bonds is 7. The van der Waals surface area contributed by atoms with Crippen molar-refractivity contribution in [2.75, 3.05) is 18.2 Å². The van der Waals surface area contributed by atoms with E-state index in [1.807, 2.05) is 12.1 Å². The van der Waals surface area contributed by atoms with Gasteiger partial charge in [0.15, 0.2) is 16.4 Å². The second kappa shape index (κ2) is 8.62. The van der Waals surface area contributed by atoms with Gasteiger partial charge in [-0.25, -0.2) is 13.2 Å². The molecule has 1 N–H and O–H groups in total. The van der Waals surface area contributed by atoms with Crippen LogP contribution in [-0.4, -0.2) is 33.2 Å². The van der Waals surface area contributed by atoms with E-state index in [-0.39, 0.29) is 10.5 Å². The number of carbonyl (C=O) groups is 2. The Hall–Kier alpha value is -2.67. The molecule has 26 heavy (non-hydrogen) atoms. The van der Waals surface area contributed by atoms with Crippen molar-refractivity contribution in [3.8, 4) is 0 Å². The molecule has 0 saturated heterocycles. The van der Waals surface area contributed by atoms with Crippen LogP contribution < -0.4 is 5.32 Å². The van der Waals surface area contributed by atoms with Crippen LogP contribution in [-0.2, 0) is 25.8 Å². The lowest BCUT2D eigenvalue weighted by Gasteiger charge is -2.09. The Morgan fingerprint density at radius 1 is 1.04 bits per heavy atom. The van der Waals surface area contributed by atoms with E-state index in [1.54, 1.807) is 12.1 Å². The summed E-state index contributed by atoms with van der Waals surface area (Å²) < 4.78 is 28.4. The number of benzene rings is 2. The van der Waals surface area contributed by atoms with Crippen molar-refractivity contribution in [1.29, 1.82) is 0 Å². The van der Waals surface area contributed by atoms with Crippen LogP contribution in [0.3, 0.4) is 0 Å². The summed E-state index contributed by atoms with van der Waals surface area (Å²) in [5.74, 6) is -1.36. The third kappa shape index (κ3) is 5.42. The van der Waals surface area contributed by atoms with Gasteiger partial charge in [0.25, 0.3) is 5.91 Å². The van der Waals surface area contributed by atoms with Crippen LogP contribution in [0.2, 0.25) is 0 Å². The summed E-state index contributed by atoms with van der Waals surface area (Å²) in [5, 5.41) is 2.63. The lowest BCUT2D eigenvalue weighted by atomic mass is 10.1. The number of carbonyl (C=O) groups excluding carboxylic acids is 2. The van der Waals surface area contributed by atoms with Crippen LogP contribution in [0, 0.1) is 0 Å². The molecule has 0 spiro atoms. The predicted octanol–water partition coefficient (Wildman–Crippen LogP) is 2.84. The topological polar surface area (TPSA) is 89.5 Å². The molecule has 0 radical (unpaired) electrons. The van der Waals surface area contributed by atoms with E-state index in [4.69, 9.17) is 4.74 Å². The minimum atomic E-state index is -3.58. The minimum absolute atomic E-state index is 0.0910. The summed E-state index contributed by atoms with van der Waals surface area (Å²) in [6.07, 6.45) is 3.01. The average Bonchev–Trinajstić information content (AvgIpc) is 2.61. The molecule has 0 aliphatic carbocycles. The highest BCUT2D eigenvalue weighted by molar-refractivity contribution is 7.90. The van der Waals surface area contributed by atoms with Gasteiger partial charge in [0.05, 0.1) is 10.5 Å². The average molecular weight is 375 g/mol. The second-order valence-electron chi connectivity index (χ2n) is 5.84. The third-order valence-electron chi connectivity index (χ3n) is 3.62. The molecular weight excluding hydrogens is 354 g/mol. The number of amides is 1. The van der Waals surface area contributed by atoms with Gasteiger partial charge in [-0.1, -0.05) is 37.6 Å². The smallest absolute Gasteiger partial charge is 0.339 e. The number of hydrogen-bond donors (Lipinski definition) is 1. The first-order chi connectivity index (χ1) is 12.3. The van der Waals surface area contributed by atoms with Crippen LogP contribution in [0.4, 0.5) is 5.69 Å². The molecule has 0 bridgehead atoms. The molecule has 1 amide bonds. The Morgan fingerprint density at radius 2 is 1.69 bits per heavy atom. The number of hydrogen-bond acceptors (Lipinski definition) is 5. The molecule has 0 aliphatic rings. The first-order valence-corrected chi connectivity index (χ1v) is 10.1. The molecular formula is C19H21NO5S. The Bertz CT molecular complexity index is 888. The zero-order chi connectivity index (χ0) is 19.2. The monoisotopic (exact) mass is 375 g/mol. The molecule has 0 atom stereocenters. The highest BCUT2D eigenvalue weighted by atomic mass is 32.2. The first kappa shape index (κ1) is 19.7. The van der Waals surface area contributed by atoms with E-state index in [0.717, 1.165) is 19.1 Å². The Kier molecular flexibility index (Phi) is 6.52. The van der Waals surface area contributed by atoms with Crippen LogP contribution in [0.15, 0.2) is 53.4 Å². The maximum atomic E-state index is 12.1. The van der Waals surface area contributed by atoms with Gasteiger partial charge in [-0.05, 0) is 36.2 Å². The predicted molar refractivity (Wildman–Crippen MR) is 98.9 cm³/mol. The third-order valence-corrected chi connectivity index (χ3v) is 4.77. The van der Waals surface area contributed by atoms with Gasteiger partial charge in [0.1, 0.15) is 0 Å². The number of anilines is 1.